The highest BCUT2D eigenvalue weighted by atomic mass is 16.5. The summed E-state index contributed by atoms with van der Waals surface area (Å²) in [5, 5.41) is 8.03. The van der Waals surface area contributed by atoms with Crippen molar-refractivity contribution in [3.8, 4) is 0 Å². The molecule has 3 N–H and O–H groups in total. The molecule has 1 aromatic rings. The van der Waals surface area contributed by atoms with Gasteiger partial charge in [0, 0.05) is 13.7 Å². The van der Waals surface area contributed by atoms with Gasteiger partial charge in [0.2, 0.25) is 5.82 Å². The van der Waals surface area contributed by atoms with Gasteiger partial charge in [0.25, 0.3) is 5.91 Å². The van der Waals surface area contributed by atoms with E-state index < -0.39 is 11.6 Å². The average Bonchev–Trinajstić information content (AvgIpc) is 2.52. The Labute approximate surface area is 73.5 Å². The molecule has 0 aromatic carbocycles. The molecule has 0 fully saturated rings. The smallest absolute Gasteiger partial charge is 0.341 e. The van der Waals surface area contributed by atoms with Crippen LogP contribution in [0, 0.1) is 0 Å². The molecule has 7 nitrogen and oxygen atoms in total. The van der Waals surface area contributed by atoms with E-state index in [0.717, 1.165) is 0 Å². The maximum Gasteiger partial charge on any atom is 0.341 e. The zero-order valence-electron chi connectivity index (χ0n) is 7.09. The number of nitrogens with zero attached hydrogens (tertiary/aromatic N) is 1. The molecular weight excluding hydrogens is 176 g/mol. The van der Waals surface area contributed by atoms with Gasteiger partial charge in [0.05, 0.1) is 6.61 Å². The Morgan fingerprint density at radius 1 is 1.69 bits per heavy atom. The van der Waals surface area contributed by atoms with Crippen molar-refractivity contribution in [1.82, 2.24) is 20.5 Å². The van der Waals surface area contributed by atoms with Crippen LogP contribution in [0.4, 0.5) is 0 Å². The van der Waals surface area contributed by atoms with Crippen LogP contribution in [0.25, 0.3) is 0 Å². The summed E-state index contributed by atoms with van der Waals surface area (Å²) in [6.07, 6.45) is 0. The fraction of sp³-hybridized carbons (Fsp3) is 0.500. The van der Waals surface area contributed by atoms with Gasteiger partial charge in [-0.1, -0.05) is 0 Å². The number of rotatable bonds is 4. The van der Waals surface area contributed by atoms with E-state index in [9.17, 15) is 9.59 Å². The minimum Gasteiger partial charge on any atom is -0.383 e. The van der Waals surface area contributed by atoms with E-state index in [1.54, 1.807) is 0 Å². The van der Waals surface area contributed by atoms with Gasteiger partial charge in [-0.05, 0) is 0 Å². The van der Waals surface area contributed by atoms with Gasteiger partial charge in [-0.25, -0.2) is 9.89 Å². The molecule has 0 spiro atoms. The summed E-state index contributed by atoms with van der Waals surface area (Å²) in [6, 6.07) is 0. The number of carbonyl (C=O) groups excluding carboxylic acids is 1. The highest BCUT2D eigenvalue weighted by Crippen LogP contribution is 1.80. The number of carbonyl (C=O) groups is 1. The highest BCUT2D eigenvalue weighted by molar-refractivity contribution is 5.90. The van der Waals surface area contributed by atoms with Crippen LogP contribution in [-0.2, 0) is 4.74 Å². The predicted molar refractivity (Wildman–Crippen MR) is 43.4 cm³/mol. The monoisotopic (exact) mass is 186 g/mol. The molecule has 0 bridgehead atoms. The SMILES string of the molecule is COCCNC(=O)c1n[nH]c(=O)[nH]1. The molecule has 0 unspecified atom stereocenters. The number of nitrogens with one attached hydrogen (secondary N) is 3. The summed E-state index contributed by atoms with van der Waals surface area (Å²) in [5.74, 6) is -0.462. The molecule has 0 aliphatic carbocycles. The van der Waals surface area contributed by atoms with Crippen molar-refractivity contribution in [2.24, 2.45) is 0 Å². The lowest BCUT2D eigenvalue weighted by atomic mass is 10.5. The fourth-order valence-corrected chi connectivity index (χ4v) is 0.728. The van der Waals surface area contributed by atoms with Crippen LogP contribution >= 0.6 is 0 Å². The van der Waals surface area contributed by atoms with Crippen molar-refractivity contribution in [3.63, 3.8) is 0 Å². The second kappa shape index (κ2) is 4.41. The van der Waals surface area contributed by atoms with Crippen molar-refractivity contribution in [1.29, 1.82) is 0 Å². The molecular formula is C6H10N4O3. The summed E-state index contributed by atoms with van der Waals surface area (Å²) in [5.41, 5.74) is -0.503. The van der Waals surface area contributed by atoms with E-state index in [2.05, 4.69) is 20.5 Å². The van der Waals surface area contributed by atoms with Crippen molar-refractivity contribution in [3.05, 3.63) is 16.3 Å². The van der Waals surface area contributed by atoms with Crippen LogP contribution < -0.4 is 11.0 Å². The third kappa shape index (κ3) is 2.71. The average molecular weight is 186 g/mol. The Hall–Kier alpha value is -1.63. The van der Waals surface area contributed by atoms with Crippen molar-refractivity contribution in [2.75, 3.05) is 20.3 Å². The van der Waals surface area contributed by atoms with Crippen molar-refractivity contribution in [2.45, 2.75) is 0 Å². The minimum atomic E-state index is -0.503. The van der Waals surface area contributed by atoms with Crippen molar-refractivity contribution >= 4 is 5.91 Å². The van der Waals surface area contributed by atoms with Crippen LogP contribution in [0.1, 0.15) is 10.6 Å². The number of aromatic amines is 2. The molecule has 0 aliphatic heterocycles. The molecule has 7 heteroatoms. The van der Waals surface area contributed by atoms with Crippen LogP contribution in [0.2, 0.25) is 0 Å². The molecule has 1 rings (SSSR count). The lowest BCUT2D eigenvalue weighted by Gasteiger charge is -1.99. The second-order valence-electron chi connectivity index (χ2n) is 2.28. The van der Waals surface area contributed by atoms with Crippen LogP contribution in [-0.4, -0.2) is 41.3 Å². The fourth-order valence-electron chi connectivity index (χ4n) is 0.728. The topological polar surface area (TPSA) is 99.9 Å². The maximum atomic E-state index is 11.1. The molecule has 13 heavy (non-hydrogen) atoms. The molecule has 0 aliphatic rings. The second-order valence-corrected chi connectivity index (χ2v) is 2.28. The first-order valence-electron chi connectivity index (χ1n) is 3.66. The van der Waals surface area contributed by atoms with Gasteiger partial charge in [-0.2, -0.15) is 0 Å². The standard InChI is InChI=1S/C6H10N4O3/c1-13-3-2-7-5(11)4-8-6(12)10-9-4/h2-3H2,1H3,(H,7,11)(H2,8,9,10,12). The molecule has 72 valence electrons. The Bertz CT molecular complexity index is 329. The number of hydrogen-bond acceptors (Lipinski definition) is 4. The number of ether oxygens (including phenoxy) is 1. The normalized spacial score (nSPS) is 9.92. The van der Waals surface area contributed by atoms with Crippen molar-refractivity contribution < 1.29 is 9.53 Å². The Morgan fingerprint density at radius 3 is 3.00 bits per heavy atom. The molecule has 0 saturated carbocycles. The lowest BCUT2D eigenvalue weighted by molar-refractivity contribution is 0.0927. The zero-order valence-corrected chi connectivity index (χ0v) is 7.09. The van der Waals surface area contributed by atoms with Gasteiger partial charge in [0.15, 0.2) is 0 Å². The number of methoxy groups -OCH3 is 1. The Kier molecular flexibility index (Phi) is 3.21. The molecule has 1 heterocycles. The third-order valence-corrected chi connectivity index (χ3v) is 1.31. The first-order valence-corrected chi connectivity index (χ1v) is 3.66. The van der Waals surface area contributed by atoms with E-state index in [-0.39, 0.29) is 5.82 Å². The maximum absolute atomic E-state index is 11.1. The first kappa shape index (κ1) is 9.46. The number of aromatic nitrogens is 3. The highest BCUT2D eigenvalue weighted by Gasteiger charge is 2.07. The Morgan fingerprint density at radius 2 is 2.46 bits per heavy atom. The van der Waals surface area contributed by atoms with E-state index in [1.165, 1.54) is 7.11 Å². The third-order valence-electron chi connectivity index (χ3n) is 1.31. The largest absolute Gasteiger partial charge is 0.383 e. The van der Waals surface area contributed by atoms with E-state index in [4.69, 9.17) is 4.74 Å². The summed E-state index contributed by atoms with van der Waals surface area (Å²) in [4.78, 5) is 23.9. The number of H-pyrrole nitrogens is 2. The van der Waals surface area contributed by atoms with Crippen LogP contribution in [0.5, 0.6) is 0 Å². The predicted octanol–water partition coefficient (Wildman–Crippen LogP) is -1.53. The summed E-state index contributed by atoms with van der Waals surface area (Å²) < 4.78 is 4.72. The van der Waals surface area contributed by atoms with Crippen LogP contribution in [0.3, 0.4) is 0 Å². The lowest BCUT2D eigenvalue weighted by Crippen LogP contribution is -2.28. The number of amides is 1. The first-order chi connectivity index (χ1) is 6.24. The van der Waals surface area contributed by atoms with E-state index >= 15 is 0 Å². The van der Waals surface area contributed by atoms with Crippen LogP contribution in [0.15, 0.2) is 4.79 Å². The van der Waals surface area contributed by atoms with Gasteiger partial charge in [-0.3, -0.25) is 9.78 Å². The Balaban J connectivity index is 2.44. The van der Waals surface area contributed by atoms with E-state index in [1.807, 2.05) is 0 Å². The van der Waals surface area contributed by atoms with Gasteiger partial charge < -0.3 is 10.1 Å². The summed E-state index contributed by atoms with van der Waals surface area (Å²) >= 11 is 0. The minimum absolute atomic E-state index is 0.0268. The summed E-state index contributed by atoms with van der Waals surface area (Å²) in [7, 11) is 1.53. The quantitative estimate of drug-likeness (QED) is 0.497. The zero-order chi connectivity index (χ0) is 9.68. The molecule has 1 amide bonds. The molecule has 1 aromatic heterocycles. The van der Waals surface area contributed by atoms with Gasteiger partial charge in [-0.15, -0.1) is 5.10 Å². The summed E-state index contributed by atoms with van der Waals surface area (Å²) in [6.45, 7) is 0.796. The van der Waals surface area contributed by atoms with E-state index in [0.29, 0.717) is 13.2 Å². The molecule has 0 saturated heterocycles. The molecule has 0 atom stereocenters. The van der Waals surface area contributed by atoms with Gasteiger partial charge >= 0.3 is 5.69 Å². The number of hydrogen-bond donors (Lipinski definition) is 3. The van der Waals surface area contributed by atoms with Gasteiger partial charge in [0.1, 0.15) is 0 Å². The molecule has 0 radical (unpaired) electrons.